The number of nitrogens with one attached hydrogen (secondary N) is 1. The Labute approximate surface area is 125 Å². The molecule has 1 aromatic carbocycles. The Hall–Kier alpha value is -0.820. The van der Waals surface area contributed by atoms with E-state index in [0.717, 1.165) is 11.8 Å². The Morgan fingerprint density at radius 3 is 2.50 bits per heavy atom. The highest BCUT2D eigenvalue weighted by Gasteiger charge is 2.26. The second-order valence-electron chi connectivity index (χ2n) is 7.43. The summed E-state index contributed by atoms with van der Waals surface area (Å²) in [5.74, 6) is 1.81. The highest BCUT2D eigenvalue weighted by molar-refractivity contribution is 5.23. The van der Waals surface area contributed by atoms with Gasteiger partial charge in [0.15, 0.2) is 0 Å². The first-order valence-electron chi connectivity index (χ1n) is 8.28. The summed E-state index contributed by atoms with van der Waals surface area (Å²) in [7, 11) is 0. The van der Waals surface area contributed by atoms with Crippen LogP contribution in [0.25, 0.3) is 0 Å². The summed E-state index contributed by atoms with van der Waals surface area (Å²) in [6.45, 7) is 10.7. The van der Waals surface area contributed by atoms with Crippen LogP contribution in [0.2, 0.25) is 0 Å². The second-order valence-corrected chi connectivity index (χ2v) is 7.43. The summed E-state index contributed by atoms with van der Waals surface area (Å²) < 4.78 is 0. The van der Waals surface area contributed by atoms with E-state index >= 15 is 0 Å². The number of rotatable bonds is 6. The van der Waals surface area contributed by atoms with Crippen molar-refractivity contribution in [2.75, 3.05) is 6.54 Å². The molecule has 3 unspecified atom stereocenters. The van der Waals surface area contributed by atoms with Gasteiger partial charge in [0, 0.05) is 6.04 Å². The monoisotopic (exact) mass is 273 g/mol. The minimum atomic E-state index is 0.245. The standard InChI is InChI=1S/C19H31N/c1-15-9-8-10-17(15)14-20-16(2)13-19(3,4)18-11-6-5-7-12-18/h5-7,11-12,15-17,20H,8-10,13-14H2,1-4H3. The van der Waals surface area contributed by atoms with Crippen molar-refractivity contribution in [1.29, 1.82) is 0 Å². The zero-order valence-electron chi connectivity index (χ0n) is 13.7. The summed E-state index contributed by atoms with van der Waals surface area (Å²) in [5.41, 5.74) is 1.69. The highest BCUT2D eigenvalue weighted by atomic mass is 14.9. The van der Waals surface area contributed by atoms with E-state index in [4.69, 9.17) is 0 Å². The molecule has 1 N–H and O–H groups in total. The summed E-state index contributed by atoms with van der Waals surface area (Å²) in [4.78, 5) is 0. The molecule has 0 amide bonds. The first-order chi connectivity index (χ1) is 9.49. The lowest BCUT2D eigenvalue weighted by Crippen LogP contribution is -2.36. The van der Waals surface area contributed by atoms with Gasteiger partial charge in [-0.05, 0) is 49.1 Å². The maximum absolute atomic E-state index is 3.78. The largest absolute Gasteiger partial charge is 0.314 e. The smallest absolute Gasteiger partial charge is 0.00471 e. The van der Waals surface area contributed by atoms with Crippen molar-refractivity contribution >= 4 is 0 Å². The van der Waals surface area contributed by atoms with Crippen molar-refractivity contribution in [3.05, 3.63) is 35.9 Å². The number of hydrogen-bond donors (Lipinski definition) is 1. The lowest BCUT2D eigenvalue weighted by molar-refractivity contribution is 0.336. The predicted molar refractivity (Wildman–Crippen MR) is 88.1 cm³/mol. The molecule has 112 valence electrons. The van der Waals surface area contributed by atoms with Gasteiger partial charge in [-0.2, -0.15) is 0 Å². The molecule has 1 aliphatic rings. The fourth-order valence-electron chi connectivity index (χ4n) is 3.72. The van der Waals surface area contributed by atoms with Crippen LogP contribution in [0.15, 0.2) is 30.3 Å². The van der Waals surface area contributed by atoms with Crippen molar-refractivity contribution < 1.29 is 0 Å². The second kappa shape index (κ2) is 6.76. The van der Waals surface area contributed by atoms with Crippen molar-refractivity contribution in [3.8, 4) is 0 Å². The topological polar surface area (TPSA) is 12.0 Å². The molecular weight excluding hydrogens is 242 g/mol. The van der Waals surface area contributed by atoms with Gasteiger partial charge in [0.25, 0.3) is 0 Å². The average Bonchev–Trinajstić information content (AvgIpc) is 2.82. The molecule has 0 bridgehead atoms. The van der Waals surface area contributed by atoms with Crippen LogP contribution in [0.3, 0.4) is 0 Å². The highest BCUT2D eigenvalue weighted by Crippen LogP contribution is 2.31. The Balaban J connectivity index is 1.83. The molecule has 20 heavy (non-hydrogen) atoms. The Kier molecular flexibility index (Phi) is 5.26. The van der Waals surface area contributed by atoms with Crippen LogP contribution in [0.4, 0.5) is 0 Å². The quantitative estimate of drug-likeness (QED) is 0.787. The third-order valence-electron chi connectivity index (χ3n) is 5.14. The number of benzene rings is 1. The lowest BCUT2D eigenvalue weighted by Gasteiger charge is -2.30. The third-order valence-corrected chi connectivity index (χ3v) is 5.14. The van der Waals surface area contributed by atoms with Crippen LogP contribution in [-0.2, 0) is 5.41 Å². The first kappa shape index (κ1) is 15.6. The van der Waals surface area contributed by atoms with Gasteiger partial charge >= 0.3 is 0 Å². The number of hydrogen-bond acceptors (Lipinski definition) is 1. The fourth-order valence-corrected chi connectivity index (χ4v) is 3.72. The lowest BCUT2D eigenvalue weighted by atomic mass is 9.79. The van der Waals surface area contributed by atoms with Crippen LogP contribution < -0.4 is 5.32 Å². The third kappa shape index (κ3) is 4.09. The van der Waals surface area contributed by atoms with Crippen LogP contribution in [0, 0.1) is 11.8 Å². The Morgan fingerprint density at radius 2 is 1.90 bits per heavy atom. The van der Waals surface area contributed by atoms with Crippen LogP contribution in [0.5, 0.6) is 0 Å². The molecule has 3 atom stereocenters. The SMILES string of the molecule is CC(CC(C)(C)c1ccccc1)NCC1CCCC1C. The Bertz CT molecular complexity index is 395. The van der Waals surface area contributed by atoms with E-state index in [1.807, 2.05) is 0 Å². The van der Waals surface area contributed by atoms with E-state index in [1.54, 1.807) is 0 Å². The van der Waals surface area contributed by atoms with Crippen LogP contribution in [-0.4, -0.2) is 12.6 Å². The van der Waals surface area contributed by atoms with Crippen LogP contribution in [0.1, 0.15) is 58.9 Å². The zero-order valence-corrected chi connectivity index (χ0v) is 13.7. The van der Waals surface area contributed by atoms with E-state index in [2.05, 4.69) is 63.3 Å². The zero-order chi connectivity index (χ0) is 14.6. The molecule has 2 rings (SSSR count). The summed E-state index contributed by atoms with van der Waals surface area (Å²) in [5, 5.41) is 3.78. The van der Waals surface area contributed by atoms with E-state index in [9.17, 15) is 0 Å². The van der Waals surface area contributed by atoms with E-state index < -0.39 is 0 Å². The summed E-state index contributed by atoms with van der Waals surface area (Å²) in [6, 6.07) is 11.5. The molecule has 0 spiro atoms. The summed E-state index contributed by atoms with van der Waals surface area (Å²) in [6.07, 6.45) is 5.47. The van der Waals surface area contributed by atoms with Crippen molar-refractivity contribution in [2.24, 2.45) is 11.8 Å². The molecule has 1 aliphatic carbocycles. The molecule has 1 nitrogen and oxygen atoms in total. The van der Waals surface area contributed by atoms with Gasteiger partial charge in [0.1, 0.15) is 0 Å². The molecule has 0 heterocycles. The van der Waals surface area contributed by atoms with Crippen molar-refractivity contribution in [2.45, 2.75) is 64.8 Å². The van der Waals surface area contributed by atoms with Gasteiger partial charge < -0.3 is 5.32 Å². The van der Waals surface area contributed by atoms with Gasteiger partial charge in [0.05, 0.1) is 0 Å². The fraction of sp³-hybridized carbons (Fsp3) is 0.684. The predicted octanol–water partition coefficient (Wildman–Crippen LogP) is 4.77. The maximum atomic E-state index is 3.78. The maximum Gasteiger partial charge on any atom is 0.00471 e. The molecular formula is C19H31N. The van der Waals surface area contributed by atoms with Gasteiger partial charge in [-0.15, -0.1) is 0 Å². The molecule has 0 radical (unpaired) electrons. The van der Waals surface area contributed by atoms with E-state index in [-0.39, 0.29) is 5.41 Å². The van der Waals surface area contributed by atoms with Gasteiger partial charge in [0.2, 0.25) is 0 Å². The first-order valence-corrected chi connectivity index (χ1v) is 8.28. The normalized spacial score (nSPS) is 24.8. The molecule has 1 heteroatoms. The molecule has 1 saturated carbocycles. The molecule has 1 fully saturated rings. The van der Waals surface area contributed by atoms with E-state index in [0.29, 0.717) is 6.04 Å². The minimum Gasteiger partial charge on any atom is -0.314 e. The van der Waals surface area contributed by atoms with Crippen molar-refractivity contribution in [1.82, 2.24) is 5.32 Å². The van der Waals surface area contributed by atoms with Gasteiger partial charge in [-0.3, -0.25) is 0 Å². The minimum absolute atomic E-state index is 0.245. The van der Waals surface area contributed by atoms with Gasteiger partial charge in [-0.1, -0.05) is 63.9 Å². The van der Waals surface area contributed by atoms with Crippen molar-refractivity contribution in [3.63, 3.8) is 0 Å². The molecule has 1 aromatic rings. The molecule has 0 aliphatic heterocycles. The molecule has 0 aromatic heterocycles. The Morgan fingerprint density at radius 1 is 1.20 bits per heavy atom. The summed E-state index contributed by atoms with van der Waals surface area (Å²) >= 11 is 0. The average molecular weight is 273 g/mol. The van der Waals surface area contributed by atoms with Gasteiger partial charge in [-0.25, -0.2) is 0 Å². The molecule has 0 saturated heterocycles. The van der Waals surface area contributed by atoms with Crippen LogP contribution >= 0.6 is 0 Å². The van der Waals surface area contributed by atoms with E-state index in [1.165, 1.54) is 37.8 Å².